The molecule has 0 bridgehead atoms. The summed E-state index contributed by atoms with van der Waals surface area (Å²) in [6, 6.07) is 9.97. The SMILES string of the molecule is c1ccc(-n2nnnc2N2CCC(c3noc(C4CC4)n3)CC2)cc1. The van der Waals surface area contributed by atoms with Crippen LogP contribution in [0, 0.1) is 0 Å². The van der Waals surface area contributed by atoms with E-state index in [9.17, 15) is 0 Å². The topological polar surface area (TPSA) is 85.8 Å². The molecule has 25 heavy (non-hydrogen) atoms. The van der Waals surface area contributed by atoms with Crippen molar-refractivity contribution >= 4 is 5.95 Å². The van der Waals surface area contributed by atoms with E-state index in [0.29, 0.717) is 11.8 Å². The number of para-hydroxylation sites is 1. The number of anilines is 1. The van der Waals surface area contributed by atoms with Crippen molar-refractivity contribution in [3.63, 3.8) is 0 Å². The molecule has 0 unspecified atom stereocenters. The van der Waals surface area contributed by atoms with E-state index in [2.05, 4.69) is 30.6 Å². The van der Waals surface area contributed by atoms with Gasteiger partial charge >= 0.3 is 0 Å². The Morgan fingerprint density at radius 3 is 2.52 bits per heavy atom. The minimum atomic E-state index is 0.355. The molecule has 2 aliphatic rings. The quantitative estimate of drug-likeness (QED) is 0.722. The van der Waals surface area contributed by atoms with Crippen molar-refractivity contribution in [2.45, 2.75) is 37.5 Å². The molecule has 1 aliphatic carbocycles. The van der Waals surface area contributed by atoms with Crippen molar-refractivity contribution in [1.82, 2.24) is 30.3 Å². The maximum atomic E-state index is 5.41. The molecule has 2 fully saturated rings. The fourth-order valence-corrected chi connectivity index (χ4v) is 3.36. The molecule has 3 heterocycles. The first-order valence-electron chi connectivity index (χ1n) is 8.81. The molecule has 0 spiro atoms. The number of tetrazole rings is 1. The Balaban J connectivity index is 1.30. The van der Waals surface area contributed by atoms with Gasteiger partial charge in [-0.1, -0.05) is 28.5 Å². The first-order valence-corrected chi connectivity index (χ1v) is 8.81. The molecule has 2 aromatic heterocycles. The number of piperidine rings is 1. The van der Waals surface area contributed by atoms with E-state index >= 15 is 0 Å². The number of rotatable bonds is 4. The lowest BCUT2D eigenvalue weighted by molar-refractivity contribution is 0.364. The van der Waals surface area contributed by atoms with E-state index in [-0.39, 0.29) is 0 Å². The van der Waals surface area contributed by atoms with Crippen LogP contribution in [0.5, 0.6) is 0 Å². The van der Waals surface area contributed by atoms with Crippen molar-refractivity contribution in [2.75, 3.05) is 18.0 Å². The Bertz CT molecular complexity index is 847. The highest BCUT2D eigenvalue weighted by Crippen LogP contribution is 2.40. The molecule has 0 radical (unpaired) electrons. The summed E-state index contributed by atoms with van der Waals surface area (Å²) in [6.45, 7) is 1.76. The molecule has 5 rings (SSSR count). The fourth-order valence-electron chi connectivity index (χ4n) is 3.36. The van der Waals surface area contributed by atoms with Crippen LogP contribution in [0.1, 0.15) is 49.2 Å². The van der Waals surface area contributed by atoms with Crippen LogP contribution >= 0.6 is 0 Å². The Hall–Kier alpha value is -2.77. The second-order valence-electron chi connectivity index (χ2n) is 6.75. The van der Waals surface area contributed by atoms with Gasteiger partial charge in [0.25, 0.3) is 0 Å². The van der Waals surface area contributed by atoms with Crippen LogP contribution in [0.3, 0.4) is 0 Å². The summed E-state index contributed by atoms with van der Waals surface area (Å²) in [4.78, 5) is 6.83. The van der Waals surface area contributed by atoms with Gasteiger partial charge in [0.15, 0.2) is 5.82 Å². The summed E-state index contributed by atoms with van der Waals surface area (Å²) in [5, 5.41) is 16.4. The van der Waals surface area contributed by atoms with Gasteiger partial charge in [-0.15, -0.1) is 0 Å². The lowest BCUT2D eigenvalue weighted by atomic mass is 9.96. The number of benzene rings is 1. The molecule has 1 saturated carbocycles. The van der Waals surface area contributed by atoms with E-state index in [1.807, 2.05) is 30.3 Å². The molecule has 1 saturated heterocycles. The standard InChI is InChI=1S/C17H19N7O/c1-2-4-14(5-3-1)24-17(19-21-22-24)23-10-8-12(9-11-23)15-18-16(25-20-15)13-6-7-13/h1-5,12-13H,6-11H2. The number of hydrogen-bond acceptors (Lipinski definition) is 7. The van der Waals surface area contributed by atoms with E-state index in [0.717, 1.165) is 49.3 Å². The number of hydrogen-bond donors (Lipinski definition) is 0. The minimum absolute atomic E-state index is 0.355. The van der Waals surface area contributed by atoms with E-state index < -0.39 is 0 Å². The summed E-state index contributed by atoms with van der Waals surface area (Å²) in [5.74, 6) is 3.34. The normalized spacial score (nSPS) is 18.6. The Morgan fingerprint density at radius 2 is 1.76 bits per heavy atom. The van der Waals surface area contributed by atoms with Gasteiger partial charge in [0, 0.05) is 24.9 Å². The first kappa shape index (κ1) is 14.6. The van der Waals surface area contributed by atoms with Crippen LogP contribution in [-0.2, 0) is 0 Å². The fraction of sp³-hybridized carbons (Fsp3) is 0.471. The summed E-state index contributed by atoms with van der Waals surface area (Å²) in [5.41, 5.74) is 0.969. The van der Waals surface area contributed by atoms with E-state index in [4.69, 9.17) is 4.52 Å². The van der Waals surface area contributed by atoms with Crippen LogP contribution < -0.4 is 4.90 Å². The third-order valence-electron chi connectivity index (χ3n) is 4.98. The molecule has 1 aliphatic heterocycles. The maximum absolute atomic E-state index is 5.41. The van der Waals surface area contributed by atoms with Crippen molar-refractivity contribution in [2.24, 2.45) is 0 Å². The van der Waals surface area contributed by atoms with Crippen molar-refractivity contribution in [1.29, 1.82) is 0 Å². The lowest BCUT2D eigenvalue weighted by Gasteiger charge is -2.30. The monoisotopic (exact) mass is 337 g/mol. The largest absolute Gasteiger partial charge is 0.339 e. The Kier molecular flexibility index (Phi) is 3.46. The molecule has 3 aromatic rings. The lowest BCUT2D eigenvalue weighted by Crippen LogP contribution is -2.35. The second-order valence-corrected chi connectivity index (χ2v) is 6.75. The van der Waals surface area contributed by atoms with Gasteiger partial charge in [-0.3, -0.25) is 0 Å². The van der Waals surface area contributed by atoms with Gasteiger partial charge in [0.1, 0.15) is 0 Å². The van der Waals surface area contributed by atoms with Gasteiger partial charge < -0.3 is 9.42 Å². The summed E-state index contributed by atoms with van der Waals surface area (Å²) >= 11 is 0. The van der Waals surface area contributed by atoms with Crippen molar-refractivity contribution in [3.05, 3.63) is 42.0 Å². The zero-order chi connectivity index (χ0) is 16.6. The molecule has 0 amide bonds. The van der Waals surface area contributed by atoms with Crippen LogP contribution in [-0.4, -0.2) is 43.4 Å². The second kappa shape index (κ2) is 5.94. The molecule has 128 valence electrons. The van der Waals surface area contributed by atoms with Crippen LogP contribution in [0.2, 0.25) is 0 Å². The molecular formula is C17H19N7O. The highest BCUT2D eigenvalue weighted by molar-refractivity contribution is 5.40. The molecular weight excluding hydrogens is 318 g/mol. The van der Waals surface area contributed by atoms with Gasteiger partial charge in [0.05, 0.1) is 5.69 Å². The van der Waals surface area contributed by atoms with Crippen LogP contribution in [0.25, 0.3) is 5.69 Å². The predicted molar refractivity (Wildman–Crippen MR) is 89.6 cm³/mol. The zero-order valence-corrected chi connectivity index (χ0v) is 13.8. The number of aromatic nitrogens is 6. The van der Waals surface area contributed by atoms with Gasteiger partial charge in [-0.2, -0.15) is 9.67 Å². The summed E-state index contributed by atoms with van der Waals surface area (Å²) in [6.07, 6.45) is 4.32. The first-order chi connectivity index (χ1) is 12.4. The van der Waals surface area contributed by atoms with Gasteiger partial charge in [-0.25, -0.2) is 0 Å². The highest BCUT2D eigenvalue weighted by Gasteiger charge is 2.32. The third-order valence-corrected chi connectivity index (χ3v) is 4.98. The Morgan fingerprint density at radius 1 is 0.960 bits per heavy atom. The highest BCUT2D eigenvalue weighted by atomic mass is 16.5. The van der Waals surface area contributed by atoms with Crippen molar-refractivity contribution < 1.29 is 4.52 Å². The van der Waals surface area contributed by atoms with Gasteiger partial charge in [-0.05, 0) is 48.2 Å². The van der Waals surface area contributed by atoms with Crippen LogP contribution in [0.4, 0.5) is 5.95 Å². The minimum Gasteiger partial charge on any atom is -0.339 e. The smallest absolute Gasteiger partial charge is 0.250 e. The summed E-state index contributed by atoms with van der Waals surface area (Å²) in [7, 11) is 0. The molecule has 8 nitrogen and oxygen atoms in total. The summed E-state index contributed by atoms with van der Waals surface area (Å²) < 4.78 is 7.20. The molecule has 8 heteroatoms. The van der Waals surface area contributed by atoms with E-state index in [1.165, 1.54) is 12.8 Å². The number of nitrogens with zero attached hydrogens (tertiary/aromatic N) is 7. The predicted octanol–water partition coefficient (Wildman–Crippen LogP) is 2.31. The van der Waals surface area contributed by atoms with Gasteiger partial charge in [0.2, 0.25) is 11.8 Å². The average molecular weight is 337 g/mol. The molecule has 0 N–H and O–H groups in total. The molecule has 1 aromatic carbocycles. The van der Waals surface area contributed by atoms with Crippen molar-refractivity contribution in [3.8, 4) is 5.69 Å². The molecule has 0 atom stereocenters. The maximum Gasteiger partial charge on any atom is 0.250 e. The zero-order valence-electron chi connectivity index (χ0n) is 13.8. The third kappa shape index (κ3) is 2.77. The average Bonchev–Trinajstić information content (AvgIpc) is 3.21. The van der Waals surface area contributed by atoms with E-state index in [1.54, 1.807) is 4.68 Å². The Labute approximate surface area is 144 Å². The van der Waals surface area contributed by atoms with Crippen LogP contribution in [0.15, 0.2) is 34.9 Å².